The topological polar surface area (TPSA) is 104 Å². The summed E-state index contributed by atoms with van der Waals surface area (Å²) in [6.45, 7) is 5.73. The van der Waals surface area contributed by atoms with E-state index >= 15 is 0 Å². The van der Waals surface area contributed by atoms with E-state index in [-0.39, 0.29) is 54.2 Å². The van der Waals surface area contributed by atoms with Crippen molar-refractivity contribution in [1.82, 2.24) is 14.5 Å². The zero-order valence-corrected chi connectivity index (χ0v) is 20.5. The fraction of sp³-hybridized carbons (Fsp3) is 0.400. The molecule has 0 fully saturated rings. The molecule has 1 heterocycles. The molecule has 9 heteroatoms. The number of rotatable bonds is 10. The Morgan fingerprint density at radius 2 is 1.68 bits per heavy atom. The molecule has 1 aliphatic heterocycles. The molecule has 3 amide bonds. The van der Waals surface area contributed by atoms with E-state index in [0.29, 0.717) is 6.42 Å². The van der Waals surface area contributed by atoms with E-state index in [9.17, 15) is 22.8 Å². The van der Waals surface area contributed by atoms with Gasteiger partial charge in [0.15, 0.2) is 0 Å². The first kappa shape index (κ1) is 25.4. The van der Waals surface area contributed by atoms with Gasteiger partial charge in [-0.3, -0.25) is 14.4 Å². The zero-order chi connectivity index (χ0) is 24.9. The van der Waals surface area contributed by atoms with Crippen LogP contribution < -0.4 is 5.32 Å². The first-order valence-corrected chi connectivity index (χ1v) is 12.9. The number of carbonyl (C=O) groups excluding carboxylic acids is 3. The summed E-state index contributed by atoms with van der Waals surface area (Å²) >= 11 is 0. The number of nitrogens with one attached hydrogen (secondary N) is 1. The molecule has 1 atom stereocenters. The van der Waals surface area contributed by atoms with Crippen LogP contribution in [0.5, 0.6) is 0 Å². The van der Waals surface area contributed by atoms with Gasteiger partial charge in [0.2, 0.25) is 11.8 Å². The Kier molecular flexibility index (Phi) is 8.09. The molecule has 182 valence electrons. The molecule has 1 aliphatic rings. The summed E-state index contributed by atoms with van der Waals surface area (Å²) in [7, 11) is -3.92. The third kappa shape index (κ3) is 5.47. The number of benzene rings is 2. The van der Waals surface area contributed by atoms with Crippen molar-refractivity contribution in [3.63, 3.8) is 0 Å². The predicted molar refractivity (Wildman–Crippen MR) is 128 cm³/mol. The first-order valence-electron chi connectivity index (χ1n) is 11.5. The van der Waals surface area contributed by atoms with Gasteiger partial charge in [0.1, 0.15) is 10.9 Å². The maximum absolute atomic E-state index is 13.3. The third-order valence-corrected chi connectivity index (χ3v) is 7.52. The largest absolute Gasteiger partial charge is 0.352 e. The van der Waals surface area contributed by atoms with Gasteiger partial charge in [-0.05, 0) is 44.4 Å². The van der Waals surface area contributed by atoms with E-state index in [1.54, 1.807) is 17.0 Å². The van der Waals surface area contributed by atoms with Gasteiger partial charge in [0, 0.05) is 25.6 Å². The third-order valence-electron chi connectivity index (χ3n) is 5.68. The smallest absolute Gasteiger partial charge is 0.269 e. The second-order valence-corrected chi connectivity index (χ2v) is 10.4. The second kappa shape index (κ2) is 10.8. The lowest BCUT2D eigenvalue weighted by molar-refractivity contribution is -0.141. The van der Waals surface area contributed by atoms with Crippen LogP contribution in [0.4, 0.5) is 0 Å². The first-order chi connectivity index (χ1) is 16.2. The van der Waals surface area contributed by atoms with Crippen molar-refractivity contribution in [2.75, 3.05) is 6.54 Å². The van der Waals surface area contributed by atoms with E-state index in [4.69, 9.17) is 0 Å². The average Bonchev–Trinajstić information content (AvgIpc) is 2.99. The van der Waals surface area contributed by atoms with Crippen LogP contribution in [0.25, 0.3) is 0 Å². The van der Waals surface area contributed by atoms with E-state index in [2.05, 4.69) is 5.32 Å². The molecule has 0 spiro atoms. The molecular weight excluding hydrogens is 454 g/mol. The van der Waals surface area contributed by atoms with Gasteiger partial charge in [-0.25, -0.2) is 12.7 Å². The lowest BCUT2D eigenvalue weighted by atomic mass is 10.1. The number of amides is 3. The van der Waals surface area contributed by atoms with Gasteiger partial charge >= 0.3 is 0 Å². The summed E-state index contributed by atoms with van der Waals surface area (Å²) in [5.41, 5.74) is 1.04. The van der Waals surface area contributed by atoms with Crippen molar-refractivity contribution < 1.29 is 22.8 Å². The van der Waals surface area contributed by atoms with Crippen LogP contribution in [0.3, 0.4) is 0 Å². The standard InChI is InChI=1S/C25H31N3O5S/c1-4-21(24(30)26-18(2)3)27(17-19-11-6-5-7-12-19)23(29)15-10-16-28-25(31)20-13-8-9-14-22(20)34(28,32)33/h5-9,11-14,18,21H,4,10,15-17H2,1-3H3,(H,26,30)/t21-/m1/s1. The Bertz CT molecular complexity index is 1150. The molecule has 2 aromatic rings. The fourth-order valence-corrected chi connectivity index (χ4v) is 5.66. The van der Waals surface area contributed by atoms with Gasteiger partial charge in [-0.15, -0.1) is 0 Å². The molecule has 3 rings (SSSR count). The van der Waals surface area contributed by atoms with E-state index in [1.165, 1.54) is 12.1 Å². The minimum Gasteiger partial charge on any atom is -0.352 e. The summed E-state index contributed by atoms with van der Waals surface area (Å²) in [5, 5.41) is 2.88. The molecule has 34 heavy (non-hydrogen) atoms. The van der Waals surface area contributed by atoms with Crippen molar-refractivity contribution in [3.8, 4) is 0 Å². The maximum atomic E-state index is 13.3. The van der Waals surface area contributed by atoms with Crippen molar-refractivity contribution in [2.45, 2.75) is 63.6 Å². The molecule has 0 aromatic heterocycles. The monoisotopic (exact) mass is 485 g/mol. The number of hydrogen-bond acceptors (Lipinski definition) is 5. The molecular formula is C25H31N3O5S. The van der Waals surface area contributed by atoms with Gasteiger partial charge in [-0.2, -0.15) is 0 Å². The molecule has 0 radical (unpaired) electrons. The minimum absolute atomic E-state index is 0.00608. The van der Waals surface area contributed by atoms with Crippen molar-refractivity contribution >= 4 is 27.7 Å². The number of nitrogens with zero attached hydrogens (tertiary/aromatic N) is 2. The molecule has 0 bridgehead atoms. The summed E-state index contributed by atoms with van der Waals surface area (Å²) in [4.78, 5) is 40.2. The Morgan fingerprint density at radius 1 is 1.03 bits per heavy atom. The number of fused-ring (bicyclic) bond motifs is 1. The van der Waals surface area contributed by atoms with Crippen LogP contribution in [0.15, 0.2) is 59.5 Å². The molecule has 0 aliphatic carbocycles. The summed E-state index contributed by atoms with van der Waals surface area (Å²) in [5.74, 6) is -1.07. The van der Waals surface area contributed by atoms with Gasteiger partial charge in [0.05, 0.1) is 5.56 Å². The van der Waals surface area contributed by atoms with E-state index in [0.717, 1.165) is 9.87 Å². The van der Waals surface area contributed by atoms with Crippen molar-refractivity contribution in [1.29, 1.82) is 0 Å². The van der Waals surface area contributed by atoms with E-state index in [1.807, 2.05) is 51.1 Å². The fourth-order valence-electron chi connectivity index (χ4n) is 4.05. The van der Waals surface area contributed by atoms with Crippen LogP contribution in [-0.2, 0) is 26.2 Å². The molecule has 0 saturated carbocycles. The highest BCUT2D eigenvalue weighted by Crippen LogP contribution is 2.30. The average molecular weight is 486 g/mol. The molecule has 1 N–H and O–H groups in total. The Labute approximate surface area is 201 Å². The van der Waals surface area contributed by atoms with Crippen LogP contribution in [-0.4, -0.2) is 54.0 Å². The second-order valence-electron chi connectivity index (χ2n) is 8.58. The predicted octanol–water partition coefficient (Wildman–Crippen LogP) is 2.94. The highest BCUT2D eigenvalue weighted by Gasteiger charge is 2.40. The molecule has 2 aromatic carbocycles. The lowest BCUT2D eigenvalue weighted by Crippen LogP contribution is -2.50. The molecule has 0 saturated heterocycles. The van der Waals surface area contributed by atoms with Crippen LogP contribution in [0.2, 0.25) is 0 Å². The zero-order valence-electron chi connectivity index (χ0n) is 19.7. The van der Waals surface area contributed by atoms with Crippen molar-refractivity contribution in [3.05, 3.63) is 65.7 Å². The van der Waals surface area contributed by atoms with Gasteiger partial charge in [0.25, 0.3) is 15.9 Å². The molecule has 8 nitrogen and oxygen atoms in total. The lowest BCUT2D eigenvalue weighted by Gasteiger charge is -2.31. The number of sulfonamides is 1. The van der Waals surface area contributed by atoms with Crippen molar-refractivity contribution in [2.24, 2.45) is 0 Å². The summed E-state index contributed by atoms with van der Waals surface area (Å²) < 4.78 is 26.3. The summed E-state index contributed by atoms with van der Waals surface area (Å²) in [6, 6.07) is 14.8. The maximum Gasteiger partial charge on any atom is 0.269 e. The number of hydrogen-bond donors (Lipinski definition) is 1. The summed E-state index contributed by atoms with van der Waals surface area (Å²) in [6.07, 6.45) is 0.602. The highest BCUT2D eigenvalue weighted by molar-refractivity contribution is 7.90. The quantitative estimate of drug-likeness (QED) is 0.557. The van der Waals surface area contributed by atoms with Crippen LogP contribution in [0.1, 0.15) is 56.0 Å². The Morgan fingerprint density at radius 3 is 2.29 bits per heavy atom. The van der Waals surface area contributed by atoms with Crippen LogP contribution >= 0.6 is 0 Å². The minimum atomic E-state index is -3.92. The Hall–Kier alpha value is -3.20. The SMILES string of the molecule is CC[C@H](C(=O)NC(C)C)N(Cc1ccccc1)C(=O)CCCN1C(=O)c2ccccc2S1(=O)=O. The van der Waals surface area contributed by atoms with Crippen LogP contribution in [0, 0.1) is 0 Å². The normalized spacial score (nSPS) is 15.2. The number of carbonyl (C=O) groups is 3. The Balaban J connectivity index is 1.73. The van der Waals surface area contributed by atoms with Gasteiger partial charge < -0.3 is 10.2 Å². The highest BCUT2D eigenvalue weighted by atomic mass is 32.2. The van der Waals surface area contributed by atoms with E-state index < -0.39 is 22.0 Å². The van der Waals surface area contributed by atoms with Gasteiger partial charge in [-0.1, -0.05) is 49.4 Å². The molecule has 0 unspecified atom stereocenters.